The molecule has 1 amide bonds. The summed E-state index contributed by atoms with van der Waals surface area (Å²) in [6.45, 7) is 9.14. The lowest BCUT2D eigenvalue weighted by molar-refractivity contribution is -0.138. The lowest BCUT2D eigenvalue weighted by atomic mass is 9.97. The number of aliphatic carboxylic acids is 1. The molecule has 9 nitrogen and oxygen atoms in total. The molecule has 184 valence electrons. The number of carbonyl (C=O) groups is 2. The van der Waals surface area contributed by atoms with Crippen LogP contribution in [0.15, 0.2) is 47.6 Å². The molecule has 0 fully saturated rings. The van der Waals surface area contributed by atoms with Crippen LogP contribution in [0.2, 0.25) is 0 Å². The van der Waals surface area contributed by atoms with E-state index in [4.69, 9.17) is 19.6 Å². The van der Waals surface area contributed by atoms with Crippen molar-refractivity contribution in [2.24, 2.45) is 5.16 Å². The van der Waals surface area contributed by atoms with Crippen LogP contribution in [-0.4, -0.2) is 35.1 Å². The van der Waals surface area contributed by atoms with E-state index in [2.05, 4.69) is 5.16 Å². The molecule has 1 N–H and O–H groups in total. The highest BCUT2D eigenvalue weighted by atomic mass is 16.6. The Morgan fingerprint density at radius 3 is 2.46 bits per heavy atom. The van der Waals surface area contributed by atoms with E-state index in [0.717, 1.165) is 10.6 Å². The van der Waals surface area contributed by atoms with Gasteiger partial charge in [-0.2, -0.15) is 5.26 Å². The maximum atomic E-state index is 13.3. The zero-order chi connectivity index (χ0) is 25.8. The first-order chi connectivity index (χ1) is 16.5. The average molecular weight is 480 g/mol. The Labute approximate surface area is 204 Å². The van der Waals surface area contributed by atoms with Crippen LogP contribution in [0.4, 0.5) is 10.5 Å². The van der Waals surface area contributed by atoms with E-state index in [1.807, 2.05) is 19.9 Å². The molecule has 0 bridgehead atoms. The van der Waals surface area contributed by atoms with Crippen molar-refractivity contribution in [3.8, 4) is 11.8 Å². The van der Waals surface area contributed by atoms with E-state index in [9.17, 15) is 14.7 Å². The molecule has 1 heterocycles. The van der Waals surface area contributed by atoms with Crippen LogP contribution < -0.4 is 9.64 Å². The topological polar surface area (TPSA) is 121 Å². The third-order valence-corrected chi connectivity index (χ3v) is 5.12. The Bertz CT molecular complexity index is 1160. The Hall–Kier alpha value is -4.06. The first kappa shape index (κ1) is 25.6. The molecular weight excluding hydrogens is 450 g/mol. The number of nitriles is 1. The van der Waals surface area contributed by atoms with Crippen LogP contribution in [0, 0.1) is 11.3 Å². The highest BCUT2D eigenvalue weighted by Gasteiger charge is 2.37. The summed E-state index contributed by atoms with van der Waals surface area (Å²) in [5, 5.41) is 23.5. The summed E-state index contributed by atoms with van der Waals surface area (Å²) in [6.07, 6.45) is -0.680. The fourth-order valence-corrected chi connectivity index (χ4v) is 3.68. The predicted octanol–water partition coefficient (Wildman–Crippen LogP) is 5.36. The standard InChI is InChI=1S/C26H29N3O6/c1-6-33-21-13-18(22-11-16(2)28-35-22)12-19(14-21)23(24(30)31)29(25(32)34-26(3,4)5)20-9-7-17(15-27)8-10-20/h7-10,12-14,22-23H,6,11H2,1-5H3,(H,30,31)/t22-,23?/m0/s1. The molecule has 0 radical (unpaired) electrons. The van der Waals surface area contributed by atoms with Crippen molar-refractivity contribution in [2.45, 2.75) is 58.8 Å². The minimum absolute atomic E-state index is 0.269. The van der Waals surface area contributed by atoms with Gasteiger partial charge in [0.1, 0.15) is 11.4 Å². The van der Waals surface area contributed by atoms with Gasteiger partial charge in [-0.1, -0.05) is 5.16 Å². The zero-order valence-electron chi connectivity index (χ0n) is 20.4. The summed E-state index contributed by atoms with van der Waals surface area (Å²) in [5.41, 5.74) is 1.59. The Morgan fingerprint density at radius 1 is 1.26 bits per heavy atom. The number of carboxylic acids is 1. The summed E-state index contributed by atoms with van der Waals surface area (Å²) in [7, 11) is 0. The Balaban J connectivity index is 2.15. The van der Waals surface area contributed by atoms with Gasteiger partial charge >= 0.3 is 12.1 Å². The van der Waals surface area contributed by atoms with Crippen molar-refractivity contribution in [2.75, 3.05) is 11.5 Å². The molecule has 1 aliphatic heterocycles. The molecule has 2 aromatic carbocycles. The first-order valence-electron chi connectivity index (χ1n) is 11.2. The lowest BCUT2D eigenvalue weighted by Crippen LogP contribution is -2.42. The summed E-state index contributed by atoms with van der Waals surface area (Å²) in [4.78, 5) is 32.6. The number of ether oxygens (including phenoxy) is 2. The fourth-order valence-electron chi connectivity index (χ4n) is 3.68. The molecule has 0 aliphatic carbocycles. The number of carboxylic acid groups (broad SMARTS) is 1. The summed E-state index contributed by atoms with van der Waals surface area (Å²) >= 11 is 0. The molecule has 2 aromatic rings. The van der Waals surface area contributed by atoms with E-state index in [-0.39, 0.29) is 5.69 Å². The second kappa shape index (κ2) is 10.5. The van der Waals surface area contributed by atoms with Crippen molar-refractivity contribution in [1.29, 1.82) is 5.26 Å². The van der Waals surface area contributed by atoms with E-state index in [1.165, 1.54) is 24.3 Å². The van der Waals surface area contributed by atoms with Gasteiger partial charge < -0.3 is 19.4 Å². The summed E-state index contributed by atoms with van der Waals surface area (Å²) in [6, 6.07) is 11.7. The van der Waals surface area contributed by atoms with Gasteiger partial charge in [0.05, 0.1) is 24.0 Å². The van der Waals surface area contributed by atoms with Gasteiger partial charge in [0.2, 0.25) is 0 Å². The third kappa shape index (κ3) is 6.29. The number of hydrogen-bond donors (Lipinski definition) is 1. The van der Waals surface area contributed by atoms with Gasteiger partial charge in [-0.3, -0.25) is 4.90 Å². The van der Waals surface area contributed by atoms with Crippen LogP contribution in [-0.2, 0) is 14.4 Å². The van der Waals surface area contributed by atoms with Gasteiger partial charge in [-0.25, -0.2) is 9.59 Å². The zero-order valence-corrected chi connectivity index (χ0v) is 20.4. The highest BCUT2D eigenvalue weighted by molar-refractivity contribution is 5.96. The molecule has 35 heavy (non-hydrogen) atoms. The smallest absolute Gasteiger partial charge is 0.415 e. The molecule has 0 saturated carbocycles. The number of carbonyl (C=O) groups excluding carboxylic acids is 1. The van der Waals surface area contributed by atoms with Crippen LogP contribution in [0.3, 0.4) is 0 Å². The highest BCUT2D eigenvalue weighted by Crippen LogP contribution is 2.36. The van der Waals surface area contributed by atoms with Crippen LogP contribution in [0.5, 0.6) is 5.75 Å². The van der Waals surface area contributed by atoms with E-state index in [0.29, 0.717) is 35.5 Å². The number of oxime groups is 1. The van der Waals surface area contributed by atoms with Crippen LogP contribution >= 0.6 is 0 Å². The minimum atomic E-state index is -1.44. The van der Waals surface area contributed by atoms with Crippen LogP contribution in [0.1, 0.15) is 69.9 Å². The van der Waals surface area contributed by atoms with Crippen molar-refractivity contribution < 1.29 is 29.0 Å². The molecule has 3 rings (SSSR count). The van der Waals surface area contributed by atoms with Crippen LogP contribution in [0.25, 0.3) is 0 Å². The second-order valence-electron chi connectivity index (χ2n) is 9.14. The van der Waals surface area contributed by atoms with E-state index < -0.39 is 29.8 Å². The lowest BCUT2D eigenvalue weighted by Gasteiger charge is -2.32. The molecule has 2 atom stereocenters. The quantitative estimate of drug-likeness (QED) is 0.567. The van der Waals surface area contributed by atoms with E-state index in [1.54, 1.807) is 39.0 Å². The van der Waals surface area contributed by atoms with Crippen molar-refractivity contribution >= 4 is 23.5 Å². The second-order valence-corrected chi connectivity index (χ2v) is 9.14. The number of benzene rings is 2. The van der Waals surface area contributed by atoms with Gasteiger partial charge in [0.15, 0.2) is 12.1 Å². The number of hydrogen-bond acceptors (Lipinski definition) is 7. The van der Waals surface area contributed by atoms with Crippen molar-refractivity contribution in [3.63, 3.8) is 0 Å². The largest absolute Gasteiger partial charge is 0.494 e. The number of rotatable bonds is 7. The molecule has 1 unspecified atom stereocenters. The molecule has 0 saturated heterocycles. The number of nitrogens with zero attached hydrogens (tertiary/aromatic N) is 3. The van der Waals surface area contributed by atoms with Gasteiger partial charge in [-0.05, 0) is 88.2 Å². The van der Waals surface area contributed by atoms with Crippen molar-refractivity contribution in [1.82, 2.24) is 0 Å². The van der Waals surface area contributed by atoms with Gasteiger partial charge in [0.25, 0.3) is 0 Å². The Morgan fingerprint density at radius 2 is 1.94 bits per heavy atom. The van der Waals surface area contributed by atoms with Gasteiger partial charge in [-0.15, -0.1) is 0 Å². The predicted molar refractivity (Wildman–Crippen MR) is 129 cm³/mol. The molecule has 0 aromatic heterocycles. The molecule has 1 aliphatic rings. The Kier molecular flexibility index (Phi) is 7.65. The number of amides is 1. The maximum Gasteiger partial charge on any atom is 0.415 e. The van der Waals surface area contributed by atoms with E-state index >= 15 is 0 Å². The van der Waals surface area contributed by atoms with Crippen molar-refractivity contribution in [3.05, 3.63) is 59.2 Å². The summed E-state index contributed by atoms with van der Waals surface area (Å²) in [5.74, 6) is -0.817. The summed E-state index contributed by atoms with van der Waals surface area (Å²) < 4.78 is 11.3. The number of anilines is 1. The fraction of sp³-hybridized carbons (Fsp3) is 0.385. The molecular formula is C26H29N3O6. The third-order valence-electron chi connectivity index (χ3n) is 5.12. The maximum absolute atomic E-state index is 13.3. The SMILES string of the molecule is CCOc1cc(C(C(=O)O)N(C(=O)OC(C)(C)C)c2ccc(C#N)cc2)cc([C@@H]2CC(C)=NO2)c1. The molecule has 0 spiro atoms. The van der Waals surface area contributed by atoms with Gasteiger partial charge in [0, 0.05) is 12.1 Å². The average Bonchev–Trinajstić information content (AvgIpc) is 3.22. The monoisotopic (exact) mass is 479 g/mol. The normalized spacial score (nSPS) is 15.9. The minimum Gasteiger partial charge on any atom is -0.494 e. The molecule has 9 heteroatoms. The first-order valence-corrected chi connectivity index (χ1v) is 11.2.